The molecule has 1 amide bonds. The fourth-order valence-electron chi connectivity index (χ4n) is 3.32. The van der Waals surface area contributed by atoms with E-state index in [1.54, 1.807) is 0 Å². The first-order valence-corrected chi connectivity index (χ1v) is 8.69. The second-order valence-corrected chi connectivity index (χ2v) is 6.60. The van der Waals surface area contributed by atoms with E-state index in [1.165, 1.54) is 0 Å². The molecule has 1 N–H and O–H groups in total. The monoisotopic (exact) mass is 355 g/mol. The fourth-order valence-corrected chi connectivity index (χ4v) is 3.52. The van der Waals surface area contributed by atoms with Crippen LogP contribution in [0.3, 0.4) is 0 Å². The third kappa shape index (κ3) is 3.25. The quantitative estimate of drug-likeness (QED) is 0.783. The van der Waals surface area contributed by atoms with E-state index in [0.29, 0.717) is 29.4 Å². The van der Waals surface area contributed by atoms with Crippen LogP contribution in [0.1, 0.15) is 17.3 Å². The molecule has 1 saturated heterocycles. The topological polar surface area (TPSA) is 58.4 Å². The number of aromatic nitrogens is 1. The first kappa shape index (κ1) is 16.1. The van der Waals surface area contributed by atoms with Crippen molar-refractivity contribution >= 4 is 28.5 Å². The first-order valence-electron chi connectivity index (χ1n) is 8.31. The summed E-state index contributed by atoms with van der Waals surface area (Å²) in [6.45, 7) is 2.15. The minimum absolute atomic E-state index is 0.0295. The van der Waals surface area contributed by atoms with Crippen LogP contribution >= 0.6 is 11.6 Å². The molecule has 6 heteroatoms. The van der Waals surface area contributed by atoms with E-state index in [4.69, 9.17) is 16.1 Å². The molecule has 0 spiro atoms. The number of carbonyl (C=O) groups is 1. The van der Waals surface area contributed by atoms with Crippen molar-refractivity contribution in [3.05, 3.63) is 64.8 Å². The maximum atomic E-state index is 13.0. The predicted octanol–water partition coefficient (Wildman–Crippen LogP) is 3.20. The van der Waals surface area contributed by atoms with E-state index in [1.807, 2.05) is 53.4 Å². The summed E-state index contributed by atoms with van der Waals surface area (Å²) in [4.78, 5) is 14.9. The van der Waals surface area contributed by atoms with Gasteiger partial charge in [0.1, 0.15) is 5.69 Å². The van der Waals surface area contributed by atoms with Crippen LogP contribution in [0.5, 0.6) is 0 Å². The van der Waals surface area contributed by atoms with Crippen molar-refractivity contribution < 1.29 is 9.32 Å². The highest BCUT2D eigenvalue weighted by molar-refractivity contribution is 6.30. The molecule has 4 rings (SSSR count). The largest absolute Gasteiger partial charge is 0.356 e. The molecule has 1 aliphatic rings. The van der Waals surface area contributed by atoms with E-state index in [0.717, 1.165) is 17.5 Å². The van der Waals surface area contributed by atoms with E-state index >= 15 is 0 Å². The number of benzene rings is 2. The maximum absolute atomic E-state index is 13.0. The van der Waals surface area contributed by atoms with Gasteiger partial charge in [-0.3, -0.25) is 4.79 Å². The highest BCUT2D eigenvalue weighted by atomic mass is 35.5. The van der Waals surface area contributed by atoms with Gasteiger partial charge in [0.05, 0.1) is 12.5 Å². The number of halogens is 1. The lowest BCUT2D eigenvalue weighted by Gasteiger charge is -2.36. The van der Waals surface area contributed by atoms with Crippen LogP contribution in [0.4, 0.5) is 0 Å². The summed E-state index contributed by atoms with van der Waals surface area (Å²) in [5, 5.41) is 9.01. The number of carbonyl (C=O) groups excluding carboxylic acids is 1. The predicted molar refractivity (Wildman–Crippen MR) is 96.5 cm³/mol. The molecule has 1 unspecified atom stereocenters. The Hall–Kier alpha value is -2.37. The molecule has 1 atom stereocenters. The molecule has 0 aliphatic carbocycles. The van der Waals surface area contributed by atoms with Gasteiger partial charge in [0, 0.05) is 30.0 Å². The lowest BCUT2D eigenvalue weighted by Crippen LogP contribution is -2.49. The molecule has 1 fully saturated rings. The van der Waals surface area contributed by atoms with Crippen molar-refractivity contribution in [3.8, 4) is 0 Å². The smallest absolute Gasteiger partial charge is 0.229 e. The molecular formula is C19H18ClN3O2. The van der Waals surface area contributed by atoms with Gasteiger partial charge in [-0.25, -0.2) is 0 Å². The summed E-state index contributed by atoms with van der Waals surface area (Å²) in [5.74, 6) is 0.0468. The van der Waals surface area contributed by atoms with E-state index < -0.39 is 0 Å². The molecule has 0 saturated carbocycles. The Morgan fingerprint density at radius 1 is 1.28 bits per heavy atom. The van der Waals surface area contributed by atoms with Gasteiger partial charge in [-0.1, -0.05) is 41.0 Å². The highest BCUT2D eigenvalue weighted by Crippen LogP contribution is 2.26. The Morgan fingerprint density at radius 2 is 2.16 bits per heavy atom. The van der Waals surface area contributed by atoms with Crippen LogP contribution in [0.2, 0.25) is 5.02 Å². The third-order valence-corrected chi connectivity index (χ3v) is 4.80. The maximum Gasteiger partial charge on any atom is 0.229 e. The van der Waals surface area contributed by atoms with Crippen molar-refractivity contribution in [1.82, 2.24) is 15.4 Å². The molecule has 0 radical (unpaired) electrons. The van der Waals surface area contributed by atoms with Crippen molar-refractivity contribution in [1.29, 1.82) is 0 Å². The highest BCUT2D eigenvalue weighted by Gasteiger charge is 2.28. The standard InChI is InChI=1S/C19H18ClN3O2/c20-14-5-3-4-13(10-14)17-12-21-8-9-23(17)19(24)11-16-15-6-1-2-7-18(15)25-22-16/h1-7,10,17,21H,8-9,11-12H2. The van der Waals surface area contributed by atoms with Gasteiger partial charge < -0.3 is 14.7 Å². The zero-order chi connectivity index (χ0) is 17.2. The normalized spacial score (nSPS) is 17.8. The van der Waals surface area contributed by atoms with Crippen LogP contribution in [-0.4, -0.2) is 35.6 Å². The minimum Gasteiger partial charge on any atom is -0.356 e. The van der Waals surface area contributed by atoms with E-state index in [2.05, 4.69) is 10.5 Å². The van der Waals surface area contributed by atoms with Crippen LogP contribution < -0.4 is 5.32 Å². The SMILES string of the molecule is O=C(Cc1noc2ccccc12)N1CCNCC1c1cccc(Cl)c1. The molecule has 128 valence electrons. The zero-order valence-electron chi connectivity index (χ0n) is 13.6. The van der Waals surface area contributed by atoms with E-state index in [-0.39, 0.29) is 18.4 Å². The van der Waals surface area contributed by atoms with Crippen molar-refractivity contribution in [2.45, 2.75) is 12.5 Å². The van der Waals surface area contributed by atoms with Crippen LogP contribution in [-0.2, 0) is 11.2 Å². The zero-order valence-corrected chi connectivity index (χ0v) is 14.4. The van der Waals surface area contributed by atoms with Gasteiger partial charge in [-0.05, 0) is 29.8 Å². The molecule has 2 aromatic carbocycles. The molecule has 3 aromatic rings. The van der Waals surface area contributed by atoms with Crippen molar-refractivity contribution in [2.24, 2.45) is 0 Å². The number of hydrogen-bond acceptors (Lipinski definition) is 4. The van der Waals surface area contributed by atoms with Crippen molar-refractivity contribution in [2.75, 3.05) is 19.6 Å². The average Bonchev–Trinajstić information content (AvgIpc) is 3.05. The Kier molecular flexibility index (Phi) is 4.42. The number of para-hydroxylation sites is 1. The number of fused-ring (bicyclic) bond motifs is 1. The van der Waals surface area contributed by atoms with E-state index in [9.17, 15) is 4.79 Å². The molecule has 2 heterocycles. The Morgan fingerprint density at radius 3 is 3.04 bits per heavy atom. The molecule has 5 nitrogen and oxygen atoms in total. The number of rotatable bonds is 3. The second-order valence-electron chi connectivity index (χ2n) is 6.16. The lowest BCUT2D eigenvalue weighted by molar-refractivity contribution is -0.133. The summed E-state index contributed by atoms with van der Waals surface area (Å²) in [7, 11) is 0. The minimum atomic E-state index is -0.0295. The van der Waals surface area contributed by atoms with Gasteiger partial charge in [-0.15, -0.1) is 0 Å². The molecule has 25 heavy (non-hydrogen) atoms. The Bertz CT molecular complexity index is 908. The summed E-state index contributed by atoms with van der Waals surface area (Å²) < 4.78 is 5.31. The Labute approximate surface area is 150 Å². The van der Waals surface area contributed by atoms with Gasteiger partial charge >= 0.3 is 0 Å². The van der Waals surface area contributed by atoms with Crippen LogP contribution in [0.25, 0.3) is 11.0 Å². The lowest BCUT2D eigenvalue weighted by atomic mass is 10.0. The van der Waals surface area contributed by atoms with Gasteiger partial charge in [0.25, 0.3) is 0 Å². The van der Waals surface area contributed by atoms with Crippen LogP contribution in [0.15, 0.2) is 53.1 Å². The van der Waals surface area contributed by atoms with Gasteiger partial charge in [-0.2, -0.15) is 0 Å². The molecule has 1 aliphatic heterocycles. The molecular weight excluding hydrogens is 338 g/mol. The van der Waals surface area contributed by atoms with Gasteiger partial charge in [0.2, 0.25) is 5.91 Å². The Balaban J connectivity index is 1.59. The molecule has 1 aromatic heterocycles. The summed E-state index contributed by atoms with van der Waals surface area (Å²) in [6, 6.07) is 15.3. The van der Waals surface area contributed by atoms with Gasteiger partial charge in [0.15, 0.2) is 5.58 Å². The summed E-state index contributed by atoms with van der Waals surface area (Å²) in [5.41, 5.74) is 2.43. The second kappa shape index (κ2) is 6.86. The van der Waals surface area contributed by atoms with Crippen molar-refractivity contribution in [3.63, 3.8) is 0 Å². The third-order valence-electron chi connectivity index (χ3n) is 4.57. The number of nitrogens with one attached hydrogen (secondary N) is 1. The summed E-state index contributed by atoms with van der Waals surface area (Å²) >= 11 is 6.13. The number of piperazine rings is 1. The number of hydrogen-bond donors (Lipinski definition) is 1. The summed E-state index contributed by atoms with van der Waals surface area (Å²) in [6.07, 6.45) is 0.230. The first-order chi connectivity index (χ1) is 12.2. The molecule has 0 bridgehead atoms. The number of amides is 1. The fraction of sp³-hybridized carbons (Fsp3) is 0.263. The van der Waals surface area contributed by atoms with Crippen LogP contribution in [0, 0.1) is 0 Å². The number of nitrogens with zero attached hydrogens (tertiary/aromatic N) is 2. The average molecular weight is 356 g/mol.